The zero-order chi connectivity index (χ0) is 22.4. The van der Waals surface area contributed by atoms with Gasteiger partial charge in [0, 0.05) is 16.7 Å². The zero-order valence-corrected chi connectivity index (χ0v) is 19.8. The van der Waals surface area contributed by atoms with E-state index in [1.165, 1.54) is 0 Å². The van der Waals surface area contributed by atoms with Crippen molar-refractivity contribution in [2.45, 2.75) is 69.2 Å². The third-order valence-electron chi connectivity index (χ3n) is 5.30. The molecule has 2 rings (SSSR count). The second-order valence-electron chi connectivity index (χ2n) is 11.2. The third-order valence-corrected chi connectivity index (χ3v) is 5.30. The summed E-state index contributed by atoms with van der Waals surface area (Å²) in [5, 5.41) is 0. The van der Waals surface area contributed by atoms with Gasteiger partial charge >= 0.3 is 0 Å². The molecule has 0 bridgehead atoms. The van der Waals surface area contributed by atoms with Crippen molar-refractivity contribution in [2.75, 3.05) is 0 Å². The number of rotatable bonds is 1. The van der Waals surface area contributed by atoms with Gasteiger partial charge in [-0.15, -0.1) is 0 Å². The van der Waals surface area contributed by atoms with Crippen LogP contribution < -0.4 is 0 Å². The molecule has 0 N–H and O–H groups in total. The Morgan fingerprint density at radius 3 is 1.21 bits per heavy atom. The van der Waals surface area contributed by atoms with E-state index in [4.69, 9.17) is 0 Å². The number of carbonyl (C=O) groups excluding carboxylic acids is 2. The minimum Gasteiger partial charge on any atom is -0.289 e. The molecule has 0 aliphatic heterocycles. The average molecular weight is 393 g/mol. The lowest BCUT2D eigenvalue weighted by atomic mass is 9.72. The normalized spacial score (nSPS) is 20.3. The molecule has 2 nitrogen and oxygen atoms in total. The Hall–Kier alpha value is -2.22. The molecule has 156 valence electrons. The predicted octanol–water partition coefficient (Wildman–Crippen LogP) is 6.87. The molecule has 2 aliphatic carbocycles. The fourth-order valence-corrected chi connectivity index (χ4v) is 3.51. The molecular weight excluding hydrogens is 356 g/mol. The van der Waals surface area contributed by atoms with Gasteiger partial charge in [0.2, 0.25) is 0 Å². The summed E-state index contributed by atoms with van der Waals surface area (Å²) in [6.45, 7) is 20.5. The Bertz CT molecular complexity index is 882. The van der Waals surface area contributed by atoms with E-state index in [0.29, 0.717) is 0 Å². The van der Waals surface area contributed by atoms with Crippen molar-refractivity contribution in [1.29, 1.82) is 0 Å². The van der Waals surface area contributed by atoms with Gasteiger partial charge in [0.15, 0.2) is 11.6 Å². The summed E-state index contributed by atoms with van der Waals surface area (Å²) in [5.41, 5.74) is 4.65. The van der Waals surface area contributed by atoms with Crippen LogP contribution in [0, 0.1) is 16.2 Å². The van der Waals surface area contributed by atoms with Crippen molar-refractivity contribution in [2.24, 2.45) is 16.2 Å². The molecule has 0 radical (unpaired) electrons. The fraction of sp³-hybridized carbons (Fsp3) is 0.481. The lowest BCUT2D eigenvalue weighted by Crippen LogP contribution is -2.27. The maximum atomic E-state index is 13.1. The summed E-state index contributed by atoms with van der Waals surface area (Å²) >= 11 is 0. The smallest absolute Gasteiger partial charge is 0.186 e. The summed E-state index contributed by atoms with van der Waals surface area (Å²) in [4.78, 5) is 25.6. The lowest BCUT2D eigenvalue weighted by molar-refractivity contribution is -0.114. The second-order valence-corrected chi connectivity index (χ2v) is 11.2. The molecule has 0 saturated heterocycles. The third kappa shape index (κ3) is 5.23. The number of carbonyl (C=O) groups is 2. The second kappa shape index (κ2) is 7.55. The number of hydrogen-bond acceptors (Lipinski definition) is 2. The monoisotopic (exact) mass is 392 g/mol. The molecule has 0 fully saturated rings. The lowest BCUT2D eigenvalue weighted by Gasteiger charge is -2.31. The van der Waals surface area contributed by atoms with Gasteiger partial charge in [-0.05, 0) is 64.2 Å². The molecule has 0 heterocycles. The molecule has 29 heavy (non-hydrogen) atoms. The van der Waals surface area contributed by atoms with E-state index in [2.05, 4.69) is 68.4 Å². The van der Waals surface area contributed by atoms with Gasteiger partial charge in [-0.1, -0.05) is 74.5 Å². The van der Waals surface area contributed by atoms with E-state index in [-0.39, 0.29) is 27.8 Å². The van der Waals surface area contributed by atoms with Crippen molar-refractivity contribution >= 4 is 11.6 Å². The van der Waals surface area contributed by atoms with Crippen LogP contribution in [-0.2, 0) is 9.59 Å². The quantitative estimate of drug-likeness (QED) is 0.488. The van der Waals surface area contributed by atoms with Crippen LogP contribution in [0.25, 0.3) is 0 Å². The molecular formula is C27H36O2. The molecule has 0 unspecified atom stereocenters. The fourth-order valence-electron chi connectivity index (χ4n) is 3.51. The first-order valence-corrected chi connectivity index (χ1v) is 10.4. The highest BCUT2D eigenvalue weighted by Crippen LogP contribution is 2.39. The molecule has 2 heteroatoms. The van der Waals surface area contributed by atoms with Crippen LogP contribution in [0.1, 0.15) is 69.2 Å². The van der Waals surface area contributed by atoms with E-state index >= 15 is 0 Å². The predicted molar refractivity (Wildman–Crippen MR) is 123 cm³/mol. The molecule has 2 aliphatic rings. The van der Waals surface area contributed by atoms with E-state index in [1.807, 2.05) is 37.3 Å². The summed E-state index contributed by atoms with van der Waals surface area (Å²) in [6, 6.07) is 0. The number of allylic oxidation sites excluding steroid dienone is 12. The minimum atomic E-state index is -0.221. The van der Waals surface area contributed by atoms with Gasteiger partial charge < -0.3 is 0 Å². The summed E-state index contributed by atoms with van der Waals surface area (Å²) in [5.74, 6) is 0.263. The van der Waals surface area contributed by atoms with Crippen LogP contribution in [0.4, 0.5) is 0 Å². The Morgan fingerprint density at radius 2 is 0.862 bits per heavy atom. The van der Waals surface area contributed by atoms with Crippen molar-refractivity contribution in [1.82, 2.24) is 0 Å². The van der Waals surface area contributed by atoms with Gasteiger partial charge in [-0.3, -0.25) is 9.59 Å². The average Bonchev–Trinajstić information content (AvgIpc) is 2.53. The van der Waals surface area contributed by atoms with Crippen molar-refractivity contribution < 1.29 is 9.59 Å². The van der Waals surface area contributed by atoms with E-state index in [0.717, 1.165) is 33.4 Å². The summed E-state index contributed by atoms with van der Waals surface area (Å²) in [7, 11) is 0. The molecule has 0 aromatic heterocycles. The maximum absolute atomic E-state index is 13.1. The topological polar surface area (TPSA) is 34.1 Å². The van der Waals surface area contributed by atoms with Crippen LogP contribution in [0.15, 0.2) is 69.9 Å². The van der Waals surface area contributed by atoms with Crippen LogP contribution in [0.3, 0.4) is 0 Å². The maximum Gasteiger partial charge on any atom is 0.186 e. The Morgan fingerprint density at radius 1 is 0.552 bits per heavy atom. The van der Waals surface area contributed by atoms with Crippen molar-refractivity contribution in [3.8, 4) is 0 Å². The van der Waals surface area contributed by atoms with Crippen LogP contribution in [0.2, 0.25) is 0 Å². The van der Waals surface area contributed by atoms with Crippen LogP contribution >= 0.6 is 0 Å². The number of ketones is 2. The first-order valence-electron chi connectivity index (χ1n) is 10.4. The first-order chi connectivity index (χ1) is 13.0. The zero-order valence-electron chi connectivity index (χ0n) is 19.8. The Balaban J connectivity index is 2.58. The standard InChI is InChI=1S/C27H36O2/c1-17-13-18(14-20(23(17)28)25(2,3)4)11-12-19-15-21(26(5,6)7)24(29)22(16-19)27(8,9)10/h11-16H,1-10H3. The highest BCUT2D eigenvalue weighted by Gasteiger charge is 2.34. The highest BCUT2D eigenvalue weighted by molar-refractivity contribution is 6.12. The van der Waals surface area contributed by atoms with Gasteiger partial charge in [0.1, 0.15) is 0 Å². The Labute approximate surface area is 176 Å². The van der Waals surface area contributed by atoms with E-state index in [9.17, 15) is 9.59 Å². The Kier molecular flexibility index (Phi) is 6.01. The van der Waals surface area contributed by atoms with E-state index < -0.39 is 0 Å². The molecule has 0 amide bonds. The highest BCUT2D eigenvalue weighted by atomic mass is 16.1. The molecule has 0 atom stereocenters. The molecule has 0 aromatic carbocycles. The molecule has 0 saturated carbocycles. The number of hydrogen-bond donors (Lipinski definition) is 0. The largest absolute Gasteiger partial charge is 0.289 e. The molecule has 0 aromatic rings. The minimum absolute atomic E-state index is 0.121. The summed E-state index contributed by atoms with van der Waals surface area (Å²) in [6.07, 6.45) is 12.0. The molecule has 0 spiro atoms. The number of Topliss-reactive ketones (excluding diaryl/α,β-unsaturated/α-hetero) is 2. The van der Waals surface area contributed by atoms with Crippen LogP contribution in [-0.4, -0.2) is 11.6 Å². The first kappa shape index (κ1) is 23.1. The van der Waals surface area contributed by atoms with Gasteiger partial charge in [-0.25, -0.2) is 0 Å². The van der Waals surface area contributed by atoms with Crippen molar-refractivity contribution in [3.05, 3.63) is 69.9 Å². The van der Waals surface area contributed by atoms with Gasteiger partial charge in [0.05, 0.1) is 0 Å². The van der Waals surface area contributed by atoms with Crippen molar-refractivity contribution in [3.63, 3.8) is 0 Å². The van der Waals surface area contributed by atoms with Gasteiger partial charge in [0.25, 0.3) is 0 Å². The van der Waals surface area contributed by atoms with Gasteiger partial charge in [-0.2, -0.15) is 0 Å². The van der Waals surface area contributed by atoms with E-state index in [1.54, 1.807) is 0 Å². The van der Waals surface area contributed by atoms with Crippen LogP contribution in [0.5, 0.6) is 0 Å². The SMILES string of the molecule is CC1=CC(=CC=C2C=C(C(C)(C)C)C(=O)C(C(C)(C)C)=C2)C=C(C(C)(C)C)C1=O. The summed E-state index contributed by atoms with van der Waals surface area (Å²) < 4.78 is 0.